The fraction of sp³-hybridized carbons (Fsp3) is 0.214. The van der Waals surface area contributed by atoms with Crippen molar-refractivity contribution < 1.29 is 14.4 Å². The van der Waals surface area contributed by atoms with Crippen molar-refractivity contribution >= 4 is 65.4 Å². The van der Waals surface area contributed by atoms with Crippen molar-refractivity contribution in [3.63, 3.8) is 0 Å². The highest BCUT2D eigenvalue weighted by Crippen LogP contribution is 2.22. The number of fused-ring (bicyclic) bond motifs is 2. The summed E-state index contributed by atoms with van der Waals surface area (Å²) < 4.78 is 5.37. The fourth-order valence-electron chi connectivity index (χ4n) is 4.81. The van der Waals surface area contributed by atoms with Gasteiger partial charge in [-0.15, -0.1) is 0 Å². The van der Waals surface area contributed by atoms with E-state index in [0.29, 0.717) is 58.9 Å². The maximum absolute atomic E-state index is 13.2. The second kappa shape index (κ2) is 11.1. The Bertz CT molecular complexity index is 1850. The van der Waals surface area contributed by atoms with Crippen molar-refractivity contribution in [3.8, 4) is 0 Å². The third-order valence-corrected chi connectivity index (χ3v) is 6.69. The Morgan fingerprint density at radius 1 is 1.02 bits per heavy atom. The Morgan fingerprint density at radius 3 is 2.44 bits per heavy atom. The molecule has 0 fully saturated rings. The average molecular weight is 549 g/mol. The molecular formula is C28H28BN9O3. The molecule has 41 heavy (non-hydrogen) atoms. The second-order valence-corrected chi connectivity index (χ2v) is 9.42. The summed E-state index contributed by atoms with van der Waals surface area (Å²) in [4.78, 5) is 45.4. The normalized spacial score (nSPS) is 11.5. The molecule has 0 aliphatic rings. The molecule has 5 rings (SSSR count). The average Bonchev–Trinajstić information content (AvgIpc) is 3.62. The first-order valence-corrected chi connectivity index (χ1v) is 13.0. The monoisotopic (exact) mass is 549 g/mol. The highest BCUT2D eigenvalue weighted by Gasteiger charge is 2.19. The van der Waals surface area contributed by atoms with Gasteiger partial charge in [-0.25, -0.2) is 9.97 Å². The SMILES string of the molecule is [B]c1cc(C(N)=O)cc2nc(NC(=O)c3cc(C)nn3CC)n(C/C=C/Cn3c(NC)nc4cc(C=O)ccc43)c12. The predicted octanol–water partition coefficient (Wildman–Crippen LogP) is 2.17. The minimum Gasteiger partial charge on any atom is -0.366 e. The highest BCUT2D eigenvalue weighted by molar-refractivity contribution is 6.38. The van der Waals surface area contributed by atoms with E-state index < -0.39 is 5.91 Å². The van der Waals surface area contributed by atoms with E-state index in [0.717, 1.165) is 17.5 Å². The number of primary amides is 1. The van der Waals surface area contributed by atoms with Crippen LogP contribution in [0, 0.1) is 6.92 Å². The number of nitrogens with two attached hydrogens (primary N) is 1. The Kier molecular flexibility index (Phi) is 7.42. The summed E-state index contributed by atoms with van der Waals surface area (Å²) in [6, 6.07) is 10.1. The van der Waals surface area contributed by atoms with E-state index in [-0.39, 0.29) is 17.4 Å². The first-order chi connectivity index (χ1) is 19.7. The molecule has 5 aromatic rings. The number of carbonyl (C=O) groups is 3. The van der Waals surface area contributed by atoms with Gasteiger partial charge in [-0.05, 0) is 44.2 Å². The molecular weight excluding hydrogens is 521 g/mol. The van der Waals surface area contributed by atoms with Crippen molar-refractivity contribution in [1.82, 2.24) is 28.9 Å². The summed E-state index contributed by atoms with van der Waals surface area (Å²) in [5.41, 5.74) is 10.2. The van der Waals surface area contributed by atoms with Crippen LogP contribution in [0.1, 0.15) is 43.8 Å². The molecule has 2 radical (unpaired) electrons. The van der Waals surface area contributed by atoms with E-state index in [1.165, 1.54) is 6.07 Å². The lowest BCUT2D eigenvalue weighted by atomic mass is 9.92. The van der Waals surface area contributed by atoms with Crippen molar-refractivity contribution in [2.24, 2.45) is 5.73 Å². The molecule has 2 amide bonds. The molecule has 3 heterocycles. The van der Waals surface area contributed by atoms with E-state index in [1.807, 2.05) is 36.6 Å². The molecule has 206 valence electrons. The Labute approximate surface area is 236 Å². The van der Waals surface area contributed by atoms with Crippen LogP contribution in [0.5, 0.6) is 0 Å². The maximum Gasteiger partial charge on any atom is 0.276 e. The summed E-state index contributed by atoms with van der Waals surface area (Å²) in [7, 11) is 8.12. The van der Waals surface area contributed by atoms with Gasteiger partial charge in [-0.3, -0.25) is 24.4 Å². The first kappa shape index (κ1) is 27.4. The number of hydrogen-bond acceptors (Lipinski definition) is 7. The van der Waals surface area contributed by atoms with Gasteiger partial charge in [0.05, 0.1) is 27.8 Å². The number of aromatic nitrogens is 6. The number of imidazole rings is 2. The quantitative estimate of drug-likeness (QED) is 0.137. The molecule has 0 unspecified atom stereocenters. The minimum atomic E-state index is -0.630. The smallest absolute Gasteiger partial charge is 0.276 e. The van der Waals surface area contributed by atoms with Crippen LogP contribution in [0.4, 0.5) is 11.9 Å². The zero-order chi connectivity index (χ0) is 29.3. The van der Waals surface area contributed by atoms with E-state index >= 15 is 0 Å². The van der Waals surface area contributed by atoms with Gasteiger partial charge in [-0.2, -0.15) is 5.10 Å². The number of nitrogens with one attached hydrogen (secondary N) is 2. The van der Waals surface area contributed by atoms with E-state index in [9.17, 15) is 14.4 Å². The summed E-state index contributed by atoms with van der Waals surface area (Å²) in [6.45, 7) is 5.05. The highest BCUT2D eigenvalue weighted by atomic mass is 16.2. The van der Waals surface area contributed by atoms with E-state index in [1.54, 1.807) is 40.6 Å². The summed E-state index contributed by atoms with van der Waals surface area (Å²) in [5.74, 6) is -0.0938. The Balaban J connectivity index is 1.48. The first-order valence-electron chi connectivity index (χ1n) is 13.0. The van der Waals surface area contributed by atoms with Gasteiger partial charge in [0.15, 0.2) is 0 Å². The number of rotatable bonds is 10. The molecule has 0 saturated heterocycles. The molecule has 0 atom stereocenters. The number of anilines is 2. The van der Waals surface area contributed by atoms with Gasteiger partial charge in [0.1, 0.15) is 19.8 Å². The summed E-state index contributed by atoms with van der Waals surface area (Å²) in [5, 5.41) is 10.3. The zero-order valence-corrected chi connectivity index (χ0v) is 22.9. The number of carbonyl (C=O) groups excluding carboxylic acids is 3. The third-order valence-electron chi connectivity index (χ3n) is 6.69. The van der Waals surface area contributed by atoms with Gasteiger partial charge in [0.2, 0.25) is 17.8 Å². The molecule has 0 bridgehead atoms. The van der Waals surface area contributed by atoms with Crippen LogP contribution >= 0.6 is 0 Å². The Morgan fingerprint density at radius 2 is 1.76 bits per heavy atom. The van der Waals surface area contributed by atoms with Gasteiger partial charge in [0.25, 0.3) is 5.91 Å². The number of nitrogens with zero attached hydrogens (tertiary/aromatic N) is 6. The molecule has 12 nitrogen and oxygen atoms in total. The van der Waals surface area contributed by atoms with Crippen LogP contribution in [-0.2, 0) is 19.6 Å². The van der Waals surface area contributed by atoms with Gasteiger partial charge in [-0.1, -0.05) is 23.7 Å². The number of amides is 2. The molecule has 2 aromatic carbocycles. The lowest BCUT2D eigenvalue weighted by molar-refractivity contribution is 0.0996. The lowest BCUT2D eigenvalue weighted by Crippen LogP contribution is -2.20. The van der Waals surface area contributed by atoms with E-state index in [2.05, 4.69) is 25.7 Å². The van der Waals surface area contributed by atoms with Crippen LogP contribution in [-0.4, -0.2) is 61.9 Å². The van der Waals surface area contributed by atoms with Crippen molar-refractivity contribution in [3.05, 3.63) is 71.1 Å². The lowest BCUT2D eigenvalue weighted by Gasteiger charge is -2.11. The summed E-state index contributed by atoms with van der Waals surface area (Å²) >= 11 is 0. The van der Waals surface area contributed by atoms with Gasteiger partial charge >= 0.3 is 0 Å². The summed E-state index contributed by atoms with van der Waals surface area (Å²) in [6.07, 6.45) is 4.67. The van der Waals surface area contributed by atoms with Crippen LogP contribution in [0.3, 0.4) is 0 Å². The van der Waals surface area contributed by atoms with Crippen LogP contribution in [0.15, 0.2) is 48.6 Å². The number of hydrogen-bond donors (Lipinski definition) is 3. The van der Waals surface area contributed by atoms with Gasteiger partial charge < -0.3 is 20.2 Å². The number of aryl methyl sites for hydroxylation is 2. The van der Waals surface area contributed by atoms with Crippen LogP contribution in [0.2, 0.25) is 0 Å². The standard InChI is InChI=1S/C28H28BN9O3/c1-4-38-23(11-16(2)35-38)26(41)34-28-33-21-14-18(25(30)40)13-19(29)24(21)37(28)10-6-5-9-36-22-8-7-17(15-39)12-20(22)32-27(36)31-3/h5-8,11-15H,4,9-10H2,1-3H3,(H2,30,40)(H,31,32)(H,33,34,41)/b6-5+. The number of benzene rings is 2. The Hall–Kier alpha value is -5.20. The van der Waals surface area contributed by atoms with Crippen LogP contribution < -0.4 is 21.8 Å². The van der Waals surface area contributed by atoms with Crippen molar-refractivity contribution in [2.45, 2.75) is 33.5 Å². The minimum absolute atomic E-state index is 0.220. The topological polar surface area (TPSA) is 155 Å². The largest absolute Gasteiger partial charge is 0.366 e. The second-order valence-electron chi connectivity index (χ2n) is 9.42. The van der Waals surface area contributed by atoms with Crippen LogP contribution in [0.25, 0.3) is 22.1 Å². The van der Waals surface area contributed by atoms with Crippen molar-refractivity contribution in [2.75, 3.05) is 17.7 Å². The molecule has 0 aliphatic carbocycles. The van der Waals surface area contributed by atoms with E-state index in [4.69, 9.17) is 13.6 Å². The predicted molar refractivity (Wildman–Crippen MR) is 158 cm³/mol. The third kappa shape index (κ3) is 5.21. The number of allylic oxidation sites excluding steroid dienone is 2. The molecule has 0 spiro atoms. The fourth-order valence-corrected chi connectivity index (χ4v) is 4.81. The molecule has 13 heteroatoms. The van der Waals surface area contributed by atoms with Gasteiger partial charge in [0, 0.05) is 37.8 Å². The molecule has 0 aliphatic heterocycles. The number of aldehydes is 1. The maximum atomic E-state index is 13.2. The molecule has 4 N–H and O–H groups in total. The zero-order valence-electron chi connectivity index (χ0n) is 22.9. The molecule has 0 saturated carbocycles. The molecule has 3 aromatic heterocycles. The van der Waals surface area contributed by atoms with Crippen molar-refractivity contribution in [1.29, 1.82) is 0 Å².